The van der Waals surface area contributed by atoms with Gasteiger partial charge in [0.1, 0.15) is 5.60 Å². The minimum atomic E-state index is -0.591. The van der Waals surface area contributed by atoms with E-state index in [0.717, 1.165) is 22.0 Å². The van der Waals surface area contributed by atoms with Crippen molar-refractivity contribution in [3.05, 3.63) is 65.9 Å². The number of imide groups is 1. The number of carbonyl (C=O) groups excluding carboxylic acids is 3. The summed E-state index contributed by atoms with van der Waals surface area (Å²) >= 11 is 0. The highest BCUT2D eigenvalue weighted by atomic mass is 16.6. The van der Waals surface area contributed by atoms with Crippen LogP contribution in [0.5, 0.6) is 0 Å². The van der Waals surface area contributed by atoms with E-state index in [2.05, 4.69) is 0 Å². The third-order valence-corrected chi connectivity index (χ3v) is 6.11. The minimum Gasteiger partial charge on any atom is -0.443 e. The molecule has 2 atom stereocenters. The molecule has 0 radical (unpaired) electrons. The number of hydrogen-bond donors (Lipinski definition) is 0. The SMILES string of the molecule is CC(C)(C)OC(=O)n1ccc2c3c(ccc21)C[C@@H]1C(=O)N(c2ccccc2)C(=O)[C@@H]1C3. The van der Waals surface area contributed by atoms with Gasteiger partial charge in [-0.25, -0.2) is 4.79 Å². The number of carbonyl (C=O) groups is 3. The molecule has 2 aliphatic rings. The van der Waals surface area contributed by atoms with E-state index in [9.17, 15) is 14.4 Å². The van der Waals surface area contributed by atoms with Gasteiger partial charge < -0.3 is 4.74 Å². The number of para-hydroxylation sites is 1. The van der Waals surface area contributed by atoms with Crippen LogP contribution in [0.4, 0.5) is 10.5 Å². The maximum atomic E-state index is 13.2. The molecule has 1 aromatic heterocycles. The van der Waals surface area contributed by atoms with Gasteiger partial charge in [0.15, 0.2) is 0 Å². The molecule has 1 fully saturated rings. The molecule has 2 heterocycles. The maximum absolute atomic E-state index is 13.2. The summed E-state index contributed by atoms with van der Waals surface area (Å²) < 4.78 is 7.02. The third kappa shape index (κ3) is 3.14. The molecule has 6 nitrogen and oxygen atoms in total. The molecule has 0 saturated carbocycles. The number of fused-ring (bicyclic) bond motifs is 4. The summed E-state index contributed by atoms with van der Waals surface area (Å²) in [7, 11) is 0. The second-order valence-electron chi connectivity index (χ2n) is 9.27. The Morgan fingerprint density at radius 1 is 0.935 bits per heavy atom. The molecule has 2 amide bonds. The Bertz CT molecular complexity index is 1220. The molecule has 5 rings (SSSR count). The molecule has 6 heteroatoms. The van der Waals surface area contributed by atoms with E-state index in [1.54, 1.807) is 18.3 Å². The lowest BCUT2D eigenvalue weighted by Gasteiger charge is -2.25. The van der Waals surface area contributed by atoms with E-state index >= 15 is 0 Å². The van der Waals surface area contributed by atoms with E-state index < -0.39 is 11.7 Å². The molecule has 2 aromatic carbocycles. The number of benzene rings is 2. The van der Waals surface area contributed by atoms with E-state index in [1.165, 1.54) is 9.47 Å². The van der Waals surface area contributed by atoms with Crippen LogP contribution < -0.4 is 4.90 Å². The smallest absolute Gasteiger partial charge is 0.418 e. The maximum Gasteiger partial charge on any atom is 0.418 e. The standard InChI is InChI=1S/C25H24N2O4/c1-25(2,3)31-24(30)26-12-11-17-18-14-20-19(13-15(18)9-10-21(17)26)22(28)27(23(20)29)16-7-5-4-6-8-16/h4-12,19-20H,13-14H2,1-3H3/t19-,20+/m0/s1. The average Bonchev–Trinajstić information content (AvgIpc) is 3.26. The fraction of sp³-hybridized carbons (Fsp3) is 0.320. The highest BCUT2D eigenvalue weighted by Crippen LogP contribution is 2.41. The van der Waals surface area contributed by atoms with Crippen LogP contribution in [0.2, 0.25) is 0 Å². The largest absolute Gasteiger partial charge is 0.443 e. The Balaban J connectivity index is 1.51. The van der Waals surface area contributed by atoms with Gasteiger partial charge >= 0.3 is 6.09 Å². The number of nitrogens with zero attached hydrogens (tertiary/aromatic N) is 2. The summed E-state index contributed by atoms with van der Waals surface area (Å²) in [5.74, 6) is -0.991. The van der Waals surface area contributed by atoms with Gasteiger partial charge in [-0.2, -0.15) is 0 Å². The van der Waals surface area contributed by atoms with Crippen LogP contribution in [-0.4, -0.2) is 28.1 Å². The monoisotopic (exact) mass is 416 g/mol. The van der Waals surface area contributed by atoms with Crippen LogP contribution in [0.25, 0.3) is 10.9 Å². The Labute approximate surface area is 180 Å². The lowest BCUT2D eigenvalue weighted by Crippen LogP contribution is -2.30. The fourth-order valence-corrected chi connectivity index (χ4v) is 4.76. The molecule has 31 heavy (non-hydrogen) atoms. The molecule has 3 aromatic rings. The molecule has 1 saturated heterocycles. The Morgan fingerprint density at radius 2 is 1.61 bits per heavy atom. The molecule has 1 aliphatic heterocycles. The van der Waals surface area contributed by atoms with E-state index in [1.807, 2.05) is 57.2 Å². The van der Waals surface area contributed by atoms with Crippen molar-refractivity contribution >= 4 is 34.5 Å². The van der Waals surface area contributed by atoms with Gasteiger partial charge in [0.05, 0.1) is 23.0 Å². The number of aromatic nitrogens is 1. The zero-order valence-corrected chi connectivity index (χ0v) is 17.8. The molecular formula is C25H24N2O4. The van der Waals surface area contributed by atoms with E-state index in [0.29, 0.717) is 18.5 Å². The van der Waals surface area contributed by atoms with Crippen molar-refractivity contribution in [3.8, 4) is 0 Å². The number of amides is 2. The van der Waals surface area contributed by atoms with Crippen molar-refractivity contribution in [2.75, 3.05) is 4.90 Å². The first-order valence-corrected chi connectivity index (χ1v) is 10.5. The molecule has 158 valence electrons. The zero-order chi connectivity index (χ0) is 21.9. The second kappa shape index (κ2) is 6.80. The highest BCUT2D eigenvalue weighted by molar-refractivity contribution is 6.22. The predicted octanol–water partition coefficient (Wildman–Crippen LogP) is 4.33. The summed E-state index contributed by atoms with van der Waals surface area (Å²) in [5, 5.41) is 0.931. The molecule has 0 bridgehead atoms. The van der Waals surface area contributed by atoms with Crippen LogP contribution in [0.15, 0.2) is 54.7 Å². The first-order chi connectivity index (χ1) is 14.7. The number of hydrogen-bond acceptors (Lipinski definition) is 4. The summed E-state index contributed by atoms with van der Waals surface area (Å²) in [4.78, 5) is 40.2. The van der Waals surface area contributed by atoms with Gasteiger partial charge in [-0.3, -0.25) is 19.1 Å². The Kier molecular flexibility index (Phi) is 4.29. The predicted molar refractivity (Wildman–Crippen MR) is 117 cm³/mol. The lowest BCUT2D eigenvalue weighted by molar-refractivity contribution is -0.122. The normalized spacial score (nSPS) is 20.7. The zero-order valence-electron chi connectivity index (χ0n) is 17.8. The molecule has 0 spiro atoms. The van der Waals surface area contributed by atoms with Crippen molar-refractivity contribution in [2.45, 2.75) is 39.2 Å². The number of ether oxygens (including phenoxy) is 1. The molecule has 1 aliphatic carbocycles. The summed E-state index contributed by atoms with van der Waals surface area (Å²) in [6.45, 7) is 5.50. The van der Waals surface area contributed by atoms with Crippen molar-refractivity contribution in [2.24, 2.45) is 11.8 Å². The van der Waals surface area contributed by atoms with E-state index in [-0.39, 0.29) is 23.7 Å². The van der Waals surface area contributed by atoms with Gasteiger partial charge in [-0.15, -0.1) is 0 Å². The van der Waals surface area contributed by atoms with E-state index in [4.69, 9.17) is 4.74 Å². The Hall–Kier alpha value is -3.41. The van der Waals surface area contributed by atoms with Crippen LogP contribution in [0, 0.1) is 11.8 Å². The quantitative estimate of drug-likeness (QED) is 0.554. The third-order valence-electron chi connectivity index (χ3n) is 6.11. The molecule has 0 unspecified atom stereocenters. The molecule has 0 N–H and O–H groups in total. The van der Waals surface area contributed by atoms with Gasteiger partial charge in [-0.05, 0) is 69.0 Å². The summed E-state index contributed by atoms with van der Waals surface area (Å²) in [6.07, 6.45) is 2.30. The van der Waals surface area contributed by atoms with Gasteiger partial charge in [-0.1, -0.05) is 24.3 Å². The summed E-state index contributed by atoms with van der Waals surface area (Å²) in [6, 6.07) is 14.9. The summed E-state index contributed by atoms with van der Waals surface area (Å²) in [5.41, 5.74) is 2.89. The first-order valence-electron chi connectivity index (χ1n) is 10.5. The van der Waals surface area contributed by atoms with Gasteiger partial charge in [0, 0.05) is 11.6 Å². The number of anilines is 1. The Morgan fingerprint density at radius 3 is 2.29 bits per heavy atom. The van der Waals surface area contributed by atoms with Gasteiger partial charge in [0.25, 0.3) is 0 Å². The fourth-order valence-electron chi connectivity index (χ4n) is 4.76. The molecular weight excluding hydrogens is 392 g/mol. The highest BCUT2D eigenvalue weighted by Gasteiger charge is 2.50. The first kappa shape index (κ1) is 19.5. The van der Waals surface area contributed by atoms with Gasteiger partial charge in [0.2, 0.25) is 11.8 Å². The minimum absolute atomic E-state index is 0.127. The van der Waals surface area contributed by atoms with Crippen molar-refractivity contribution < 1.29 is 19.1 Å². The van der Waals surface area contributed by atoms with Crippen LogP contribution in [0.1, 0.15) is 31.9 Å². The average molecular weight is 416 g/mol. The van der Waals surface area contributed by atoms with Crippen LogP contribution >= 0.6 is 0 Å². The van der Waals surface area contributed by atoms with Crippen LogP contribution in [-0.2, 0) is 27.2 Å². The topological polar surface area (TPSA) is 68.6 Å². The lowest BCUT2D eigenvalue weighted by atomic mass is 9.76. The van der Waals surface area contributed by atoms with Crippen molar-refractivity contribution in [3.63, 3.8) is 0 Å². The van der Waals surface area contributed by atoms with Crippen molar-refractivity contribution in [1.82, 2.24) is 4.57 Å². The van der Waals surface area contributed by atoms with Crippen LogP contribution in [0.3, 0.4) is 0 Å². The second-order valence-corrected chi connectivity index (χ2v) is 9.27. The van der Waals surface area contributed by atoms with Crippen molar-refractivity contribution in [1.29, 1.82) is 0 Å². The number of rotatable bonds is 1.